The summed E-state index contributed by atoms with van der Waals surface area (Å²) in [5.41, 5.74) is 0. The van der Waals surface area contributed by atoms with Crippen molar-refractivity contribution >= 4 is 22.9 Å². The van der Waals surface area contributed by atoms with Gasteiger partial charge in [-0.3, -0.25) is 4.99 Å². The highest BCUT2D eigenvalue weighted by atomic mass is 32.2. The van der Waals surface area contributed by atoms with Crippen LogP contribution >= 0.6 is 11.8 Å². The lowest BCUT2D eigenvalue weighted by Gasteiger charge is -2.02. The van der Waals surface area contributed by atoms with E-state index in [0.29, 0.717) is 5.95 Å². The van der Waals surface area contributed by atoms with Gasteiger partial charge in [0.05, 0.1) is 0 Å². The minimum Gasteiger partial charge on any atom is -0.304 e. The Morgan fingerprint density at radius 1 is 1.50 bits per heavy atom. The van der Waals surface area contributed by atoms with Gasteiger partial charge in [0.2, 0.25) is 5.95 Å². The highest BCUT2D eigenvalue weighted by Gasteiger charge is 1.96. The third-order valence-corrected chi connectivity index (χ3v) is 1.85. The van der Waals surface area contributed by atoms with Crippen molar-refractivity contribution < 1.29 is 0 Å². The van der Waals surface area contributed by atoms with Gasteiger partial charge >= 0.3 is 0 Å². The van der Waals surface area contributed by atoms with Crippen LogP contribution in [0.2, 0.25) is 0 Å². The van der Waals surface area contributed by atoms with Gasteiger partial charge in [0.15, 0.2) is 5.17 Å². The SMILES string of the molecule is C/N=C(/Nc1ncccn1)SC. The number of hydrogen-bond acceptors (Lipinski definition) is 4. The van der Waals surface area contributed by atoms with E-state index in [1.807, 2.05) is 6.26 Å². The highest BCUT2D eigenvalue weighted by Crippen LogP contribution is 2.01. The van der Waals surface area contributed by atoms with Gasteiger partial charge in [0.1, 0.15) is 0 Å². The number of anilines is 1. The first-order chi connectivity index (χ1) is 5.86. The zero-order valence-corrected chi connectivity index (χ0v) is 7.80. The van der Waals surface area contributed by atoms with Crippen molar-refractivity contribution in [3.63, 3.8) is 0 Å². The molecule has 0 aliphatic rings. The van der Waals surface area contributed by atoms with Crippen molar-refractivity contribution in [3.8, 4) is 0 Å². The smallest absolute Gasteiger partial charge is 0.228 e. The van der Waals surface area contributed by atoms with Crippen molar-refractivity contribution in [2.45, 2.75) is 0 Å². The number of nitrogens with one attached hydrogen (secondary N) is 1. The molecule has 1 N–H and O–H groups in total. The van der Waals surface area contributed by atoms with E-state index in [4.69, 9.17) is 0 Å². The standard InChI is InChI=1S/C7H10N4S/c1-8-7(12-2)11-6-9-4-3-5-10-6/h3-5H,1-2H3,(H,8,9,10,11). The van der Waals surface area contributed by atoms with Gasteiger partial charge in [-0.05, 0) is 12.3 Å². The minimum atomic E-state index is 0.576. The van der Waals surface area contributed by atoms with Gasteiger partial charge in [-0.2, -0.15) is 0 Å². The summed E-state index contributed by atoms with van der Waals surface area (Å²) in [4.78, 5) is 12.0. The third kappa shape index (κ3) is 2.50. The largest absolute Gasteiger partial charge is 0.304 e. The number of rotatable bonds is 1. The summed E-state index contributed by atoms with van der Waals surface area (Å²) in [5, 5.41) is 3.78. The maximum Gasteiger partial charge on any atom is 0.228 e. The molecule has 0 atom stereocenters. The van der Waals surface area contributed by atoms with Crippen LogP contribution in [0.4, 0.5) is 5.95 Å². The summed E-state index contributed by atoms with van der Waals surface area (Å²) < 4.78 is 0. The average Bonchev–Trinajstić information content (AvgIpc) is 2.16. The second-order valence-electron chi connectivity index (χ2n) is 1.93. The predicted molar refractivity (Wildman–Crippen MR) is 52.5 cm³/mol. The highest BCUT2D eigenvalue weighted by molar-refractivity contribution is 8.13. The monoisotopic (exact) mass is 182 g/mol. The van der Waals surface area contributed by atoms with E-state index < -0.39 is 0 Å². The molecule has 1 aromatic heterocycles. The van der Waals surface area contributed by atoms with Crippen molar-refractivity contribution in [1.82, 2.24) is 9.97 Å². The molecule has 0 spiro atoms. The second-order valence-corrected chi connectivity index (χ2v) is 2.73. The summed E-state index contributed by atoms with van der Waals surface area (Å²) in [6.45, 7) is 0. The summed E-state index contributed by atoms with van der Waals surface area (Å²) in [7, 11) is 1.72. The number of thioether (sulfide) groups is 1. The quantitative estimate of drug-likeness (QED) is 0.524. The number of aromatic nitrogens is 2. The van der Waals surface area contributed by atoms with E-state index in [-0.39, 0.29) is 0 Å². The van der Waals surface area contributed by atoms with Crippen molar-refractivity contribution in [1.29, 1.82) is 0 Å². The molecule has 0 saturated heterocycles. The number of nitrogens with zero attached hydrogens (tertiary/aromatic N) is 3. The van der Waals surface area contributed by atoms with Crippen LogP contribution in [0.15, 0.2) is 23.5 Å². The van der Waals surface area contributed by atoms with E-state index in [0.717, 1.165) is 5.17 Å². The molecule has 0 aliphatic heterocycles. The summed E-state index contributed by atoms with van der Waals surface area (Å²) in [5.74, 6) is 0.576. The fourth-order valence-electron chi connectivity index (χ4n) is 0.658. The molecule has 1 heterocycles. The van der Waals surface area contributed by atoms with E-state index in [1.54, 1.807) is 25.5 Å². The summed E-state index contributed by atoms with van der Waals surface area (Å²) in [6, 6.07) is 1.77. The molecule has 12 heavy (non-hydrogen) atoms. The van der Waals surface area contributed by atoms with E-state index in [2.05, 4.69) is 20.3 Å². The van der Waals surface area contributed by atoms with Gasteiger partial charge in [0, 0.05) is 19.4 Å². The molecule has 0 amide bonds. The Bertz CT molecular complexity index is 259. The number of aliphatic imine (C=N–C) groups is 1. The fourth-order valence-corrected chi connectivity index (χ4v) is 1.03. The van der Waals surface area contributed by atoms with Crippen LogP contribution < -0.4 is 5.32 Å². The molecular weight excluding hydrogens is 172 g/mol. The fraction of sp³-hybridized carbons (Fsp3) is 0.286. The van der Waals surface area contributed by atoms with Crippen LogP contribution in [0, 0.1) is 0 Å². The topological polar surface area (TPSA) is 50.2 Å². The molecule has 0 unspecified atom stereocenters. The maximum absolute atomic E-state index is 4.00. The van der Waals surface area contributed by atoms with Gasteiger partial charge in [0.25, 0.3) is 0 Å². The molecule has 5 heteroatoms. The van der Waals surface area contributed by atoms with Gasteiger partial charge in [-0.25, -0.2) is 9.97 Å². The first kappa shape index (κ1) is 8.99. The zero-order valence-electron chi connectivity index (χ0n) is 6.98. The lowest BCUT2D eigenvalue weighted by atomic mass is 10.7. The molecule has 64 valence electrons. The zero-order chi connectivity index (χ0) is 8.81. The summed E-state index contributed by atoms with van der Waals surface area (Å²) >= 11 is 1.52. The first-order valence-corrected chi connectivity index (χ1v) is 4.64. The van der Waals surface area contributed by atoms with Gasteiger partial charge in [-0.15, -0.1) is 0 Å². The van der Waals surface area contributed by atoms with Crippen LogP contribution in [-0.4, -0.2) is 28.4 Å². The van der Waals surface area contributed by atoms with Crippen molar-refractivity contribution in [2.24, 2.45) is 4.99 Å². The van der Waals surface area contributed by atoms with Crippen LogP contribution in [0.1, 0.15) is 0 Å². The lowest BCUT2D eigenvalue weighted by molar-refractivity contribution is 1.18. The van der Waals surface area contributed by atoms with Crippen LogP contribution in [-0.2, 0) is 0 Å². The average molecular weight is 182 g/mol. The van der Waals surface area contributed by atoms with E-state index >= 15 is 0 Å². The van der Waals surface area contributed by atoms with Crippen LogP contribution in [0.25, 0.3) is 0 Å². The number of hydrogen-bond donors (Lipinski definition) is 1. The third-order valence-electron chi connectivity index (χ3n) is 1.18. The first-order valence-electron chi connectivity index (χ1n) is 3.41. The Balaban J connectivity index is 2.64. The van der Waals surface area contributed by atoms with Gasteiger partial charge in [-0.1, -0.05) is 11.8 Å². The Kier molecular flexibility index (Phi) is 3.53. The molecule has 0 aliphatic carbocycles. The van der Waals surface area contributed by atoms with Crippen LogP contribution in [0.5, 0.6) is 0 Å². The molecule has 4 nitrogen and oxygen atoms in total. The normalized spacial score (nSPS) is 11.3. The lowest BCUT2D eigenvalue weighted by Crippen LogP contribution is -2.09. The molecule has 0 bridgehead atoms. The Hall–Kier alpha value is -1.10. The van der Waals surface area contributed by atoms with Gasteiger partial charge < -0.3 is 5.32 Å². The van der Waals surface area contributed by atoms with Crippen molar-refractivity contribution in [3.05, 3.63) is 18.5 Å². The summed E-state index contributed by atoms with van der Waals surface area (Å²) in [6.07, 6.45) is 5.31. The van der Waals surface area contributed by atoms with E-state index in [1.165, 1.54) is 11.8 Å². The molecule has 0 aromatic carbocycles. The Labute approximate surface area is 75.5 Å². The Morgan fingerprint density at radius 3 is 2.67 bits per heavy atom. The molecule has 0 saturated carbocycles. The molecule has 1 rings (SSSR count). The maximum atomic E-state index is 4.00. The molecule has 0 fully saturated rings. The molecule has 0 radical (unpaired) electrons. The van der Waals surface area contributed by atoms with E-state index in [9.17, 15) is 0 Å². The molecule has 1 aromatic rings. The van der Waals surface area contributed by atoms with Crippen molar-refractivity contribution in [2.75, 3.05) is 18.6 Å². The Morgan fingerprint density at radius 2 is 2.17 bits per heavy atom. The van der Waals surface area contributed by atoms with Crippen LogP contribution in [0.3, 0.4) is 0 Å². The number of amidine groups is 1. The minimum absolute atomic E-state index is 0.576. The molecular formula is C7H10N4S. The second kappa shape index (κ2) is 4.71. The predicted octanol–water partition coefficient (Wildman–Crippen LogP) is 1.24.